The quantitative estimate of drug-likeness (QED) is 0.894. The van der Waals surface area contributed by atoms with Crippen LogP contribution in [0, 0.1) is 5.92 Å². The van der Waals surface area contributed by atoms with Crippen LogP contribution in [0.1, 0.15) is 25.3 Å². The third-order valence-electron chi connectivity index (χ3n) is 4.56. The van der Waals surface area contributed by atoms with Crippen LogP contribution in [0.2, 0.25) is 0 Å². The normalized spacial score (nSPS) is 23.2. The minimum absolute atomic E-state index is 0.351. The first-order chi connectivity index (χ1) is 9.76. The van der Waals surface area contributed by atoms with Crippen LogP contribution < -0.4 is 15.2 Å². The second kappa shape index (κ2) is 6.02. The lowest BCUT2D eigenvalue weighted by Gasteiger charge is -2.24. The highest BCUT2D eigenvalue weighted by molar-refractivity contribution is 5.44. The van der Waals surface area contributed by atoms with Crippen molar-refractivity contribution in [2.45, 2.75) is 32.2 Å². The van der Waals surface area contributed by atoms with Gasteiger partial charge in [0.15, 0.2) is 11.5 Å². The van der Waals surface area contributed by atoms with Crippen LogP contribution in [0.4, 0.5) is 0 Å². The standard InChI is InChI=1S/C16H24N2O2/c1-12(18-7-6-14(9-17)10-18)2-3-13-4-5-15-16(8-13)20-11-19-15/h4-5,8,12,14H,2-3,6-7,9-11,17H2,1H3. The van der Waals surface area contributed by atoms with Crippen molar-refractivity contribution in [3.05, 3.63) is 23.8 Å². The second-order valence-corrected chi connectivity index (χ2v) is 5.96. The predicted molar refractivity (Wildman–Crippen MR) is 79.1 cm³/mol. The molecule has 0 radical (unpaired) electrons. The van der Waals surface area contributed by atoms with E-state index in [0.717, 1.165) is 24.5 Å². The van der Waals surface area contributed by atoms with Crippen LogP contribution in [0.5, 0.6) is 11.5 Å². The fraction of sp³-hybridized carbons (Fsp3) is 0.625. The van der Waals surface area contributed by atoms with E-state index in [2.05, 4.69) is 24.0 Å². The number of likely N-dealkylation sites (tertiary alicyclic amines) is 1. The third kappa shape index (κ3) is 2.91. The Kier molecular flexibility index (Phi) is 4.13. The molecule has 4 heteroatoms. The molecule has 0 amide bonds. The lowest BCUT2D eigenvalue weighted by Crippen LogP contribution is -2.32. The van der Waals surface area contributed by atoms with E-state index in [4.69, 9.17) is 15.2 Å². The molecule has 1 fully saturated rings. The number of rotatable bonds is 5. The summed E-state index contributed by atoms with van der Waals surface area (Å²) in [4.78, 5) is 2.57. The lowest BCUT2D eigenvalue weighted by molar-refractivity contribution is 0.174. The summed E-state index contributed by atoms with van der Waals surface area (Å²) in [5.74, 6) is 2.45. The molecular formula is C16H24N2O2. The number of hydrogen-bond donors (Lipinski definition) is 1. The molecule has 3 rings (SSSR count). The summed E-state index contributed by atoms with van der Waals surface area (Å²) in [6, 6.07) is 6.90. The van der Waals surface area contributed by atoms with Gasteiger partial charge in [-0.05, 0) is 62.9 Å². The van der Waals surface area contributed by atoms with Gasteiger partial charge in [-0.25, -0.2) is 0 Å². The van der Waals surface area contributed by atoms with E-state index in [-0.39, 0.29) is 0 Å². The number of fused-ring (bicyclic) bond motifs is 1. The van der Waals surface area contributed by atoms with Gasteiger partial charge in [-0.3, -0.25) is 0 Å². The molecule has 4 nitrogen and oxygen atoms in total. The van der Waals surface area contributed by atoms with Gasteiger partial charge in [0.1, 0.15) is 0 Å². The predicted octanol–water partition coefficient (Wildman–Crippen LogP) is 2.02. The molecule has 2 unspecified atom stereocenters. The highest BCUT2D eigenvalue weighted by Crippen LogP contribution is 2.33. The zero-order valence-corrected chi connectivity index (χ0v) is 12.2. The van der Waals surface area contributed by atoms with Crippen molar-refractivity contribution >= 4 is 0 Å². The van der Waals surface area contributed by atoms with E-state index < -0.39 is 0 Å². The highest BCUT2D eigenvalue weighted by atomic mass is 16.7. The minimum atomic E-state index is 0.351. The van der Waals surface area contributed by atoms with Crippen molar-refractivity contribution in [1.29, 1.82) is 0 Å². The first kappa shape index (κ1) is 13.7. The van der Waals surface area contributed by atoms with Crippen LogP contribution in [0.15, 0.2) is 18.2 Å². The maximum absolute atomic E-state index is 5.76. The Morgan fingerprint density at radius 2 is 2.20 bits per heavy atom. The van der Waals surface area contributed by atoms with Gasteiger partial charge in [0.05, 0.1) is 0 Å². The Hall–Kier alpha value is -1.26. The summed E-state index contributed by atoms with van der Waals surface area (Å²) in [5.41, 5.74) is 7.09. The van der Waals surface area contributed by atoms with Crippen LogP contribution in [0.3, 0.4) is 0 Å². The van der Waals surface area contributed by atoms with Crippen molar-refractivity contribution < 1.29 is 9.47 Å². The van der Waals surface area contributed by atoms with Gasteiger partial charge in [-0.2, -0.15) is 0 Å². The van der Waals surface area contributed by atoms with E-state index >= 15 is 0 Å². The van der Waals surface area contributed by atoms with E-state index in [1.54, 1.807) is 0 Å². The van der Waals surface area contributed by atoms with E-state index in [0.29, 0.717) is 18.8 Å². The maximum atomic E-state index is 5.76. The number of ether oxygens (including phenoxy) is 2. The molecule has 1 aromatic carbocycles. The Bertz CT molecular complexity index is 464. The monoisotopic (exact) mass is 276 g/mol. The number of hydrogen-bond acceptors (Lipinski definition) is 4. The smallest absolute Gasteiger partial charge is 0.231 e. The Morgan fingerprint density at radius 3 is 3.00 bits per heavy atom. The SMILES string of the molecule is CC(CCc1ccc2c(c1)OCO2)N1CCC(CN)C1. The molecule has 110 valence electrons. The van der Waals surface area contributed by atoms with E-state index in [9.17, 15) is 0 Å². The van der Waals surface area contributed by atoms with Gasteiger partial charge < -0.3 is 20.1 Å². The van der Waals surface area contributed by atoms with Crippen molar-refractivity contribution in [3.8, 4) is 11.5 Å². The van der Waals surface area contributed by atoms with Crippen LogP contribution in [-0.2, 0) is 6.42 Å². The maximum Gasteiger partial charge on any atom is 0.231 e. The van der Waals surface area contributed by atoms with Crippen LogP contribution in [0.25, 0.3) is 0 Å². The Morgan fingerprint density at radius 1 is 1.35 bits per heavy atom. The van der Waals surface area contributed by atoms with Crippen molar-refractivity contribution in [1.82, 2.24) is 4.90 Å². The van der Waals surface area contributed by atoms with Gasteiger partial charge in [0.25, 0.3) is 0 Å². The summed E-state index contributed by atoms with van der Waals surface area (Å²) in [5, 5.41) is 0. The molecule has 2 N–H and O–H groups in total. The summed E-state index contributed by atoms with van der Waals surface area (Å²) < 4.78 is 10.8. The van der Waals surface area contributed by atoms with Crippen molar-refractivity contribution in [3.63, 3.8) is 0 Å². The van der Waals surface area contributed by atoms with E-state index in [1.165, 1.54) is 31.5 Å². The van der Waals surface area contributed by atoms with Crippen LogP contribution >= 0.6 is 0 Å². The van der Waals surface area contributed by atoms with Gasteiger partial charge in [-0.1, -0.05) is 6.07 Å². The average molecular weight is 276 g/mol. The molecule has 0 spiro atoms. The fourth-order valence-corrected chi connectivity index (χ4v) is 3.11. The number of benzene rings is 1. The first-order valence-electron chi connectivity index (χ1n) is 7.59. The van der Waals surface area contributed by atoms with Crippen LogP contribution in [-0.4, -0.2) is 37.4 Å². The van der Waals surface area contributed by atoms with Gasteiger partial charge in [0, 0.05) is 12.6 Å². The Labute approximate surface area is 120 Å². The summed E-state index contributed by atoms with van der Waals surface area (Å²) in [7, 11) is 0. The third-order valence-corrected chi connectivity index (χ3v) is 4.56. The molecule has 0 bridgehead atoms. The Balaban J connectivity index is 1.52. The number of nitrogens with two attached hydrogens (primary N) is 1. The lowest BCUT2D eigenvalue weighted by atomic mass is 10.0. The number of aryl methyl sites for hydroxylation is 1. The number of nitrogens with zero attached hydrogens (tertiary/aromatic N) is 1. The molecule has 0 aliphatic carbocycles. The van der Waals surface area contributed by atoms with Gasteiger partial charge in [-0.15, -0.1) is 0 Å². The zero-order chi connectivity index (χ0) is 13.9. The highest BCUT2D eigenvalue weighted by Gasteiger charge is 2.24. The molecule has 2 heterocycles. The minimum Gasteiger partial charge on any atom is -0.454 e. The van der Waals surface area contributed by atoms with Crippen molar-refractivity contribution in [2.24, 2.45) is 11.7 Å². The molecule has 0 aromatic heterocycles. The first-order valence-corrected chi connectivity index (χ1v) is 7.59. The molecule has 0 saturated carbocycles. The summed E-state index contributed by atoms with van der Waals surface area (Å²) in [6.07, 6.45) is 3.52. The second-order valence-electron chi connectivity index (χ2n) is 5.96. The summed E-state index contributed by atoms with van der Waals surface area (Å²) in [6.45, 7) is 5.86. The molecule has 2 atom stereocenters. The molecule has 2 aliphatic heterocycles. The molecule has 20 heavy (non-hydrogen) atoms. The zero-order valence-electron chi connectivity index (χ0n) is 12.2. The molecule has 2 aliphatic rings. The molecular weight excluding hydrogens is 252 g/mol. The topological polar surface area (TPSA) is 47.7 Å². The largest absolute Gasteiger partial charge is 0.454 e. The van der Waals surface area contributed by atoms with Gasteiger partial charge >= 0.3 is 0 Å². The van der Waals surface area contributed by atoms with Crippen molar-refractivity contribution in [2.75, 3.05) is 26.4 Å². The molecule has 1 aromatic rings. The summed E-state index contributed by atoms with van der Waals surface area (Å²) >= 11 is 0. The average Bonchev–Trinajstić information content (AvgIpc) is 3.12. The molecule has 1 saturated heterocycles. The van der Waals surface area contributed by atoms with Gasteiger partial charge in [0.2, 0.25) is 6.79 Å². The fourth-order valence-electron chi connectivity index (χ4n) is 3.11. The van der Waals surface area contributed by atoms with E-state index in [1.807, 2.05) is 6.07 Å².